The number of urea groups is 1. The third-order valence-electron chi connectivity index (χ3n) is 4.39. The largest absolute Gasteiger partial charge is 0.345 e. The summed E-state index contributed by atoms with van der Waals surface area (Å²) in [5.74, 6) is 0.0139. The van der Waals surface area contributed by atoms with Crippen LogP contribution in [0.5, 0.6) is 0 Å². The van der Waals surface area contributed by atoms with Crippen molar-refractivity contribution in [2.45, 2.75) is 45.2 Å². The second-order valence-electron chi connectivity index (χ2n) is 6.68. The average Bonchev–Trinajstić information content (AvgIpc) is 3.30. The molecule has 1 saturated carbocycles. The van der Waals surface area contributed by atoms with Crippen LogP contribution in [0.2, 0.25) is 0 Å². The Hall–Kier alpha value is -2.08. The molecule has 126 valence electrons. The van der Waals surface area contributed by atoms with E-state index in [0.717, 1.165) is 12.8 Å². The number of benzene rings is 1. The van der Waals surface area contributed by atoms with E-state index in [1.165, 1.54) is 0 Å². The molecule has 1 fully saturated rings. The van der Waals surface area contributed by atoms with Gasteiger partial charge in [0.2, 0.25) is 0 Å². The number of carbonyl (C=O) groups is 2. The number of hydrogen-bond donors (Lipinski definition) is 4. The first kappa shape index (κ1) is 17.3. The maximum Gasteiger partial charge on any atom is 0.319 e. The minimum atomic E-state index is -0.468. The van der Waals surface area contributed by atoms with E-state index in [-0.39, 0.29) is 23.9 Å². The fourth-order valence-corrected chi connectivity index (χ4v) is 2.08. The maximum absolute atomic E-state index is 12.5. The van der Waals surface area contributed by atoms with Gasteiger partial charge in [0.05, 0.1) is 5.54 Å². The lowest BCUT2D eigenvalue weighted by Gasteiger charge is -2.33. The van der Waals surface area contributed by atoms with Crippen molar-refractivity contribution < 1.29 is 9.59 Å². The highest BCUT2D eigenvalue weighted by Gasteiger charge is 2.29. The van der Waals surface area contributed by atoms with Crippen LogP contribution in [0.1, 0.15) is 44.0 Å². The van der Waals surface area contributed by atoms with E-state index in [9.17, 15) is 9.59 Å². The lowest BCUT2D eigenvalue weighted by molar-refractivity contribution is 0.0883. The summed E-state index contributed by atoms with van der Waals surface area (Å²) in [5, 5.41) is 8.59. The van der Waals surface area contributed by atoms with Gasteiger partial charge in [0.1, 0.15) is 0 Å². The molecule has 6 heteroatoms. The minimum absolute atomic E-state index is 0.196. The zero-order valence-electron chi connectivity index (χ0n) is 14.0. The van der Waals surface area contributed by atoms with Crippen LogP contribution in [0.15, 0.2) is 24.3 Å². The van der Waals surface area contributed by atoms with Crippen molar-refractivity contribution in [2.24, 2.45) is 11.7 Å². The van der Waals surface area contributed by atoms with E-state index in [1.807, 2.05) is 20.8 Å². The van der Waals surface area contributed by atoms with Crippen LogP contribution in [-0.4, -0.2) is 30.1 Å². The van der Waals surface area contributed by atoms with Gasteiger partial charge in [-0.05, 0) is 43.9 Å². The average molecular weight is 318 g/mol. The van der Waals surface area contributed by atoms with Gasteiger partial charge in [-0.1, -0.05) is 19.9 Å². The fraction of sp³-hybridized carbons (Fsp3) is 0.529. The van der Waals surface area contributed by atoms with Gasteiger partial charge >= 0.3 is 6.03 Å². The van der Waals surface area contributed by atoms with E-state index in [1.54, 1.807) is 24.3 Å². The van der Waals surface area contributed by atoms with E-state index in [4.69, 9.17) is 5.73 Å². The summed E-state index contributed by atoms with van der Waals surface area (Å²) in [4.78, 5) is 24.2. The van der Waals surface area contributed by atoms with Crippen LogP contribution in [0.3, 0.4) is 0 Å². The Balaban J connectivity index is 2.03. The number of nitrogens with two attached hydrogens (primary N) is 1. The molecular formula is C17H26N4O2. The minimum Gasteiger partial charge on any atom is -0.345 e. The number of anilines is 1. The van der Waals surface area contributed by atoms with Crippen molar-refractivity contribution in [2.75, 3.05) is 11.9 Å². The summed E-state index contributed by atoms with van der Waals surface area (Å²) >= 11 is 0. The molecule has 0 bridgehead atoms. The first-order valence-electron chi connectivity index (χ1n) is 8.04. The zero-order chi connectivity index (χ0) is 17.0. The van der Waals surface area contributed by atoms with Crippen molar-refractivity contribution in [1.29, 1.82) is 0 Å². The van der Waals surface area contributed by atoms with Gasteiger partial charge in [0.25, 0.3) is 5.91 Å². The van der Waals surface area contributed by atoms with Gasteiger partial charge in [0, 0.05) is 23.8 Å². The normalized spacial score (nSPS) is 16.6. The molecule has 5 N–H and O–H groups in total. The molecule has 0 aromatic heterocycles. The van der Waals surface area contributed by atoms with Gasteiger partial charge in [-0.3, -0.25) is 4.79 Å². The number of hydrogen-bond acceptors (Lipinski definition) is 3. The molecule has 0 heterocycles. The predicted octanol–water partition coefficient (Wildman–Crippen LogP) is 2.07. The molecule has 1 aromatic carbocycles. The molecule has 3 amide bonds. The van der Waals surface area contributed by atoms with Crippen molar-refractivity contribution in [1.82, 2.24) is 10.6 Å². The van der Waals surface area contributed by atoms with Crippen LogP contribution in [0, 0.1) is 5.92 Å². The second-order valence-corrected chi connectivity index (χ2v) is 6.68. The number of rotatable bonds is 6. The van der Waals surface area contributed by atoms with Gasteiger partial charge < -0.3 is 21.7 Å². The first-order valence-corrected chi connectivity index (χ1v) is 8.04. The molecular weight excluding hydrogens is 292 g/mol. The third-order valence-corrected chi connectivity index (χ3v) is 4.39. The van der Waals surface area contributed by atoms with Crippen LogP contribution in [0.25, 0.3) is 0 Å². The van der Waals surface area contributed by atoms with Gasteiger partial charge in [0.15, 0.2) is 0 Å². The van der Waals surface area contributed by atoms with E-state index in [0.29, 0.717) is 17.8 Å². The molecule has 1 aliphatic rings. The Morgan fingerprint density at radius 3 is 2.61 bits per heavy atom. The monoisotopic (exact) mass is 318 g/mol. The first-order chi connectivity index (χ1) is 10.8. The fourth-order valence-electron chi connectivity index (χ4n) is 2.08. The van der Waals surface area contributed by atoms with Crippen LogP contribution >= 0.6 is 0 Å². The zero-order valence-corrected chi connectivity index (χ0v) is 14.0. The van der Waals surface area contributed by atoms with Crippen molar-refractivity contribution in [3.05, 3.63) is 29.8 Å². The Morgan fingerprint density at radius 2 is 2.04 bits per heavy atom. The van der Waals surface area contributed by atoms with Gasteiger partial charge in [-0.25, -0.2) is 4.79 Å². The van der Waals surface area contributed by atoms with Crippen LogP contribution in [0.4, 0.5) is 10.5 Å². The molecule has 0 aliphatic heterocycles. The Bertz CT molecular complexity index is 584. The molecule has 1 unspecified atom stereocenters. The molecule has 0 saturated heterocycles. The quantitative estimate of drug-likeness (QED) is 0.646. The predicted molar refractivity (Wildman–Crippen MR) is 91.4 cm³/mol. The third kappa shape index (κ3) is 4.69. The molecule has 0 radical (unpaired) electrons. The van der Waals surface area contributed by atoms with Crippen LogP contribution < -0.4 is 21.7 Å². The van der Waals surface area contributed by atoms with Crippen LogP contribution in [-0.2, 0) is 0 Å². The summed E-state index contributed by atoms with van der Waals surface area (Å²) in [6, 6.07) is 6.94. The van der Waals surface area contributed by atoms with E-state index in [2.05, 4.69) is 16.0 Å². The number of carbonyl (C=O) groups excluding carboxylic acids is 2. The molecule has 0 spiro atoms. The van der Waals surface area contributed by atoms with E-state index >= 15 is 0 Å². The Kier molecular flexibility index (Phi) is 5.26. The number of nitrogens with one attached hydrogen (secondary N) is 3. The lowest BCUT2D eigenvalue weighted by atomic mass is 9.88. The van der Waals surface area contributed by atoms with Crippen molar-refractivity contribution >= 4 is 17.6 Å². The SMILES string of the molecule is CC(C)C(C)(CN)NC(=O)c1cccc(NC(=O)NC2CC2)c1. The molecule has 1 atom stereocenters. The summed E-state index contributed by atoms with van der Waals surface area (Å²) < 4.78 is 0. The van der Waals surface area contributed by atoms with Crippen molar-refractivity contribution in [3.8, 4) is 0 Å². The van der Waals surface area contributed by atoms with Crippen molar-refractivity contribution in [3.63, 3.8) is 0 Å². The smallest absolute Gasteiger partial charge is 0.319 e. The molecule has 2 rings (SSSR count). The topological polar surface area (TPSA) is 96.2 Å². The standard InChI is InChI=1S/C17H26N4O2/c1-11(2)17(3,10-18)21-15(22)12-5-4-6-14(9-12)20-16(23)19-13-7-8-13/h4-6,9,11,13H,7-8,10,18H2,1-3H3,(H,21,22)(H2,19,20,23). The highest BCUT2D eigenvalue weighted by molar-refractivity contribution is 5.97. The summed E-state index contributed by atoms with van der Waals surface area (Å²) in [6.07, 6.45) is 2.06. The lowest BCUT2D eigenvalue weighted by Crippen LogP contribution is -2.55. The molecule has 6 nitrogen and oxygen atoms in total. The Labute approximate surface area is 137 Å². The summed E-state index contributed by atoms with van der Waals surface area (Å²) in [6.45, 7) is 6.33. The number of amides is 3. The van der Waals surface area contributed by atoms with Gasteiger partial charge in [-0.15, -0.1) is 0 Å². The molecule has 1 aliphatic carbocycles. The maximum atomic E-state index is 12.5. The second kappa shape index (κ2) is 7.00. The summed E-state index contributed by atoms with van der Waals surface area (Å²) in [7, 11) is 0. The van der Waals surface area contributed by atoms with Gasteiger partial charge in [-0.2, -0.15) is 0 Å². The Morgan fingerprint density at radius 1 is 1.35 bits per heavy atom. The summed E-state index contributed by atoms with van der Waals surface area (Å²) in [5.41, 5.74) is 6.42. The molecule has 1 aromatic rings. The highest BCUT2D eigenvalue weighted by Crippen LogP contribution is 2.19. The highest BCUT2D eigenvalue weighted by atomic mass is 16.2. The van der Waals surface area contributed by atoms with E-state index < -0.39 is 5.54 Å². The molecule has 23 heavy (non-hydrogen) atoms.